The minimum atomic E-state index is -3.57. The summed E-state index contributed by atoms with van der Waals surface area (Å²) >= 11 is 0. The van der Waals surface area contributed by atoms with Gasteiger partial charge in [0.15, 0.2) is 0 Å². The van der Waals surface area contributed by atoms with Crippen LogP contribution in [-0.4, -0.2) is 41.9 Å². The number of nitrogens with one attached hydrogen (secondary N) is 1. The molecule has 0 spiro atoms. The van der Waals surface area contributed by atoms with E-state index in [9.17, 15) is 13.2 Å². The summed E-state index contributed by atoms with van der Waals surface area (Å²) in [6, 6.07) is 2.65. The maximum atomic E-state index is 12.0. The van der Waals surface area contributed by atoms with E-state index in [1.807, 2.05) is 0 Å². The van der Waals surface area contributed by atoms with Crippen molar-refractivity contribution in [1.82, 2.24) is 9.29 Å². The highest BCUT2D eigenvalue weighted by molar-refractivity contribution is 7.90. The van der Waals surface area contributed by atoms with E-state index in [1.54, 1.807) is 0 Å². The van der Waals surface area contributed by atoms with Crippen molar-refractivity contribution < 1.29 is 18.3 Å². The molecule has 104 valence electrons. The highest BCUT2D eigenvalue weighted by Gasteiger charge is 2.23. The first-order valence-electron chi connectivity index (χ1n) is 5.96. The van der Waals surface area contributed by atoms with Crippen molar-refractivity contribution in [3.8, 4) is 0 Å². The molecule has 0 atom stereocenters. The van der Waals surface area contributed by atoms with Crippen LogP contribution in [0.15, 0.2) is 18.3 Å². The molecule has 8 heteroatoms. The zero-order valence-corrected chi connectivity index (χ0v) is 11.1. The fourth-order valence-electron chi connectivity index (χ4n) is 1.90. The van der Waals surface area contributed by atoms with Crippen molar-refractivity contribution in [2.75, 3.05) is 17.8 Å². The topological polar surface area (TPSA) is 99.6 Å². The van der Waals surface area contributed by atoms with Gasteiger partial charge in [-0.1, -0.05) is 6.42 Å². The molecule has 1 aromatic rings. The number of nitrogens with zero attached hydrogens (tertiary/aromatic N) is 2. The summed E-state index contributed by atoms with van der Waals surface area (Å²) in [5.74, 6) is -1.15. The first kappa shape index (κ1) is 13.8. The van der Waals surface area contributed by atoms with Crippen LogP contribution in [0.5, 0.6) is 0 Å². The molecule has 0 amide bonds. The van der Waals surface area contributed by atoms with Gasteiger partial charge >= 0.3 is 16.2 Å². The minimum Gasteiger partial charge on any atom is -0.477 e. The molecular formula is C11H15N3O4S. The minimum absolute atomic E-state index is 0.124. The lowest BCUT2D eigenvalue weighted by molar-refractivity contribution is 0.0690. The van der Waals surface area contributed by atoms with Gasteiger partial charge in [0, 0.05) is 13.1 Å². The predicted molar refractivity (Wildman–Crippen MR) is 69.2 cm³/mol. The fraction of sp³-hybridized carbons (Fsp3) is 0.455. The molecule has 1 aliphatic rings. The van der Waals surface area contributed by atoms with E-state index in [2.05, 4.69) is 9.71 Å². The third-order valence-electron chi connectivity index (χ3n) is 2.88. The Hall–Kier alpha value is -1.67. The molecule has 0 saturated carbocycles. The maximum Gasteiger partial charge on any atom is 0.354 e. The van der Waals surface area contributed by atoms with Crippen LogP contribution in [0.25, 0.3) is 0 Å². The molecular weight excluding hydrogens is 270 g/mol. The zero-order valence-electron chi connectivity index (χ0n) is 10.2. The Balaban J connectivity index is 2.09. The van der Waals surface area contributed by atoms with Crippen molar-refractivity contribution in [1.29, 1.82) is 0 Å². The molecule has 0 aliphatic carbocycles. The number of carboxylic acids is 1. The summed E-state index contributed by atoms with van der Waals surface area (Å²) in [4.78, 5) is 14.3. The molecule has 2 N–H and O–H groups in total. The van der Waals surface area contributed by atoms with Gasteiger partial charge in [-0.15, -0.1) is 0 Å². The van der Waals surface area contributed by atoms with Crippen molar-refractivity contribution in [3.05, 3.63) is 24.0 Å². The maximum absolute atomic E-state index is 12.0. The van der Waals surface area contributed by atoms with Crippen LogP contribution < -0.4 is 4.72 Å². The van der Waals surface area contributed by atoms with Crippen LogP contribution in [0.4, 0.5) is 5.69 Å². The van der Waals surface area contributed by atoms with E-state index < -0.39 is 16.2 Å². The standard InChI is InChI=1S/C11H15N3O4S/c15-11(16)10-5-4-9(8-12-10)13-19(17,18)14-6-2-1-3-7-14/h4-5,8,13H,1-3,6-7H2,(H,15,16). The number of aromatic carboxylic acids is 1. The van der Waals surface area contributed by atoms with Crippen molar-refractivity contribution in [2.45, 2.75) is 19.3 Å². The number of pyridine rings is 1. The average Bonchev–Trinajstić information content (AvgIpc) is 2.40. The van der Waals surface area contributed by atoms with Crippen LogP contribution in [-0.2, 0) is 10.2 Å². The predicted octanol–water partition coefficient (Wildman–Crippen LogP) is 0.922. The smallest absolute Gasteiger partial charge is 0.354 e. The van der Waals surface area contributed by atoms with E-state index >= 15 is 0 Å². The van der Waals surface area contributed by atoms with Crippen molar-refractivity contribution in [2.24, 2.45) is 0 Å². The van der Waals surface area contributed by atoms with Crippen LogP contribution >= 0.6 is 0 Å². The number of hydrogen-bond acceptors (Lipinski definition) is 4. The second kappa shape index (κ2) is 5.54. The number of rotatable bonds is 4. The van der Waals surface area contributed by atoms with Crippen molar-refractivity contribution >= 4 is 21.9 Å². The molecule has 1 fully saturated rings. The molecule has 0 radical (unpaired) electrons. The SMILES string of the molecule is O=C(O)c1ccc(NS(=O)(=O)N2CCCCC2)cn1. The second-order valence-electron chi connectivity index (χ2n) is 4.30. The Morgan fingerprint density at radius 2 is 1.95 bits per heavy atom. The monoisotopic (exact) mass is 285 g/mol. The Kier molecular flexibility index (Phi) is 4.01. The molecule has 2 heterocycles. The van der Waals surface area contributed by atoms with E-state index in [1.165, 1.54) is 22.6 Å². The first-order chi connectivity index (χ1) is 8.99. The molecule has 7 nitrogen and oxygen atoms in total. The van der Waals surface area contributed by atoms with Gasteiger partial charge in [-0.2, -0.15) is 12.7 Å². The number of piperidine rings is 1. The largest absolute Gasteiger partial charge is 0.477 e. The van der Waals surface area contributed by atoms with Gasteiger partial charge in [-0.25, -0.2) is 9.78 Å². The summed E-state index contributed by atoms with van der Waals surface area (Å²) in [6.45, 7) is 1.02. The second-order valence-corrected chi connectivity index (χ2v) is 5.97. The van der Waals surface area contributed by atoms with Gasteiger partial charge < -0.3 is 5.11 Å². The van der Waals surface area contributed by atoms with E-state index in [0.717, 1.165) is 19.3 Å². The van der Waals surface area contributed by atoms with Gasteiger partial charge in [0.1, 0.15) is 5.69 Å². The molecule has 1 aliphatic heterocycles. The molecule has 0 aromatic carbocycles. The van der Waals surface area contributed by atoms with Crippen LogP contribution in [0.2, 0.25) is 0 Å². The molecule has 2 rings (SSSR count). The summed E-state index contributed by atoms with van der Waals surface area (Å²) in [7, 11) is -3.57. The van der Waals surface area contributed by atoms with Gasteiger partial charge in [0.25, 0.3) is 0 Å². The highest BCUT2D eigenvalue weighted by atomic mass is 32.2. The third-order valence-corrected chi connectivity index (χ3v) is 4.42. The number of anilines is 1. The zero-order chi connectivity index (χ0) is 13.9. The van der Waals surface area contributed by atoms with Crippen LogP contribution in [0, 0.1) is 0 Å². The van der Waals surface area contributed by atoms with Gasteiger partial charge in [-0.05, 0) is 25.0 Å². The Morgan fingerprint density at radius 3 is 2.47 bits per heavy atom. The summed E-state index contributed by atoms with van der Waals surface area (Å²) in [5, 5.41) is 8.70. The average molecular weight is 285 g/mol. The lowest BCUT2D eigenvalue weighted by Crippen LogP contribution is -2.39. The first-order valence-corrected chi connectivity index (χ1v) is 7.40. The Labute approximate surface area is 111 Å². The number of carbonyl (C=O) groups is 1. The number of aromatic nitrogens is 1. The molecule has 1 aromatic heterocycles. The van der Waals surface area contributed by atoms with Crippen molar-refractivity contribution in [3.63, 3.8) is 0 Å². The normalized spacial score (nSPS) is 17.1. The third kappa shape index (κ3) is 3.42. The lowest BCUT2D eigenvalue weighted by atomic mass is 10.2. The van der Waals surface area contributed by atoms with Crippen LogP contribution in [0.3, 0.4) is 0 Å². The quantitative estimate of drug-likeness (QED) is 0.857. The molecule has 0 bridgehead atoms. The summed E-state index contributed by atoms with van der Waals surface area (Å²) in [5.41, 5.74) is 0.136. The number of carboxylic acid groups (broad SMARTS) is 1. The molecule has 0 unspecified atom stereocenters. The summed E-state index contributed by atoms with van der Waals surface area (Å²) < 4.78 is 27.9. The highest BCUT2D eigenvalue weighted by Crippen LogP contribution is 2.16. The lowest BCUT2D eigenvalue weighted by Gasteiger charge is -2.26. The fourth-order valence-corrected chi connectivity index (χ4v) is 3.19. The van der Waals surface area contributed by atoms with Crippen LogP contribution in [0.1, 0.15) is 29.8 Å². The Morgan fingerprint density at radius 1 is 1.26 bits per heavy atom. The van der Waals surface area contributed by atoms with E-state index in [4.69, 9.17) is 5.11 Å². The van der Waals surface area contributed by atoms with E-state index in [-0.39, 0.29) is 11.4 Å². The van der Waals surface area contributed by atoms with Gasteiger partial charge in [-0.3, -0.25) is 4.72 Å². The van der Waals surface area contributed by atoms with Gasteiger partial charge in [0.05, 0.1) is 11.9 Å². The van der Waals surface area contributed by atoms with Gasteiger partial charge in [0.2, 0.25) is 0 Å². The number of hydrogen-bond donors (Lipinski definition) is 2. The Bertz CT molecular complexity index is 550. The van der Waals surface area contributed by atoms with E-state index in [0.29, 0.717) is 13.1 Å². The molecule has 19 heavy (non-hydrogen) atoms. The molecule has 1 saturated heterocycles. The summed E-state index contributed by atoms with van der Waals surface area (Å²) in [6.07, 6.45) is 3.96.